The molecule has 1 aromatic heterocycles. The number of hydrogen-bond acceptors (Lipinski definition) is 2. The number of rotatable bonds is 2. The van der Waals surface area contributed by atoms with Crippen LogP contribution in [-0.4, -0.2) is 5.78 Å². The second-order valence-corrected chi connectivity index (χ2v) is 5.47. The summed E-state index contributed by atoms with van der Waals surface area (Å²) in [5.41, 5.74) is 0.622. The molecule has 0 radical (unpaired) electrons. The molecule has 100 valence electrons. The summed E-state index contributed by atoms with van der Waals surface area (Å²) in [4.78, 5) is 12.4. The number of fused-ring (bicyclic) bond motifs is 1. The van der Waals surface area contributed by atoms with Gasteiger partial charge in [0.25, 0.3) is 0 Å². The molecule has 4 heteroatoms. The van der Waals surface area contributed by atoms with Gasteiger partial charge in [-0.25, -0.2) is 8.78 Å². The van der Waals surface area contributed by atoms with Crippen LogP contribution < -0.4 is 0 Å². The Balaban J connectivity index is 2.16. The Morgan fingerprint density at radius 1 is 1.05 bits per heavy atom. The highest BCUT2D eigenvalue weighted by Gasteiger charge is 2.19. The summed E-state index contributed by atoms with van der Waals surface area (Å²) in [5, 5.41) is 2.51. The second-order valence-electron chi connectivity index (χ2n) is 4.56. The predicted octanol–water partition coefficient (Wildman–Crippen LogP) is 4.72. The normalized spacial score (nSPS) is 10.9. The largest absolute Gasteiger partial charge is 0.288 e. The van der Waals surface area contributed by atoms with E-state index in [0.717, 1.165) is 16.2 Å². The lowest BCUT2D eigenvalue weighted by Gasteiger charge is -2.04. The molecule has 0 N–H and O–H groups in total. The van der Waals surface area contributed by atoms with E-state index in [4.69, 9.17) is 0 Å². The average Bonchev–Trinajstić information content (AvgIpc) is 2.86. The van der Waals surface area contributed by atoms with Gasteiger partial charge in [0.1, 0.15) is 11.6 Å². The Morgan fingerprint density at radius 2 is 1.80 bits per heavy atom. The fourth-order valence-corrected chi connectivity index (χ4v) is 3.07. The minimum absolute atomic E-state index is 0.0903. The zero-order valence-corrected chi connectivity index (χ0v) is 11.4. The van der Waals surface area contributed by atoms with Crippen LogP contribution in [0.1, 0.15) is 21.5 Å². The van der Waals surface area contributed by atoms with E-state index in [0.29, 0.717) is 5.56 Å². The van der Waals surface area contributed by atoms with Crippen molar-refractivity contribution in [2.24, 2.45) is 0 Å². The van der Waals surface area contributed by atoms with Crippen molar-refractivity contribution in [1.82, 2.24) is 0 Å². The van der Waals surface area contributed by atoms with Crippen LogP contribution in [0.15, 0.2) is 41.8 Å². The third-order valence-electron chi connectivity index (χ3n) is 3.22. The first-order chi connectivity index (χ1) is 9.58. The Labute approximate surface area is 118 Å². The van der Waals surface area contributed by atoms with E-state index >= 15 is 0 Å². The van der Waals surface area contributed by atoms with Gasteiger partial charge in [0.2, 0.25) is 0 Å². The Hall–Kier alpha value is -2.07. The molecule has 0 aliphatic rings. The van der Waals surface area contributed by atoms with E-state index < -0.39 is 17.4 Å². The number of aryl methyl sites for hydroxylation is 1. The van der Waals surface area contributed by atoms with Crippen molar-refractivity contribution in [3.05, 3.63) is 70.1 Å². The number of halogens is 2. The summed E-state index contributed by atoms with van der Waals surface area (Å²) in [6.07, 6.45) is 0. The van der Waals surface area contributed by atoms with Gasteiger partial charge in [0.05, 0.1) is 5.56 Å². The monoisotopic (exact) mass is 288 g/mol. The molecule has 1 heterocycles. The van der Waals surface area contributed by atoms with Crippen LogP contribution in [0.2, 0.25) is 0 Å². The molecule has 0 fully saturated rings. The maximum absolute atomic E-state index is 13.8. The first-order valence-corrected chi connectivity index (χ1v) is 6.92. The smallest absolute Gasteiger partial charge is 0.197 e. The summed E-state index contributed by atoms with van der Waals surface area (Å²) in [7, 11) is 0. The van der Waals surface area contributed by atoms with Gasteiger partial charge in [-0.2, -0.15) is 0 Å². The number of carbonyl (C=O) groups is 1. The first-order valence-electron chi connectivity index (χ1n) is 6.04. The van der Waals surface area contributed by atoms with Crippen LogP contribution >= 0.6 is 11.3 Å². The van der Waals surface area contributed by atoms with Crippen LogP contribution in [0.25, 0.3) is 10.1 Å². The third kappa shape index (κ3) is 2.02. The molecule has 0 saturated heterocycles. The molecule has 0 amide bonds. The van der Waals surface area contributed by atoms with Gasteiger partial charge in [0.15, 0.2) is 5.78 Å². The molecule has 0 aliphatic carbocycles. The molecule has 0 bridgehead atoms. The molecule has 0 unspecified atom stereocenters. The van der Waals surface area contributed by atoms with E-state index in [-0.39, 0.29) is 11.1 Å². The van der Waals surface area contributed by atoms with Gasteiger partial charge in [-0.05, 0) is 24.6 Å². The summed E-state index contributed by atoms with van der Waals surface area (Å²) < 4.78 is 28.1. The number of hydrogen-bond donors (Lipinski definition) is 0. The Kier molecular flexibility index (Phi) is 3.10. The lowest BCUT2D eigenvalue weighted by atomic mass is 10.0. The van der Waals surface area contributed by atoms with Crippen LogP contribution in [0, 0.1) is 18.6 Å². The highest BCUT2D eigenvalue weighted by atomic mass is 32.1. The minimum Gasteiger partial charge on any atom is -0.288 e. The molecule has 0 saturated carbocycles. The van der Waals surface area contributed by atoms with Crippen molar-refractivity contribution in [2.75, 3.05) is 0 Å². The lowest BCUT2D eigenvalue weighted by Crippen LogP contribution is -2.05. The van der Waals surface area contributed by atoms with Crippen LogP contribution in [-0.2, 0) is 0 Å². The molecule has 3 aromatic rings. The molecule has 2 aromatic carbocycles. The SMILES string of the molecule is Cc1cc(C(=O)c2csc3ccccc23)c(F)cc1F. The number of benzene rings is 2. The van der Waals surface area contributed by atoms with Gasteiger partial charge in [0, 0.05) is 27.1 Å². The average molecular weight is 288 g/mol. The van der Waals surface area contributed by atoms with Crippen molar-refractivity contribution < 1.29 is 13.6 Å². The van der Waals surface area contributed by atoms with E-state index in [2.05, 4.69) is 0 Å². The van der Waals surface area contributed by atoms with Crippen molar-refractivity contribution in [2.45, 2.75) is 6.92 Å². The van der Waals surface area contributed by atoms with E-state index in [1.807, 2.05) is 24.3 Å². The third-order valence-corrected chi connectivity index (χ3v) is 4.18. The van der Waals surface area contributed by atoms with E-state index in [9.17, 15) is 13.6 Å². The zero-order valence-electron chi connectivity index (χ0n) is 10.6. The van der Waals surface area contributed by atoms with Crippen LogP contribution in [0.5, 0.6) is 0 Å². The van der Waals surface area contributed by atoms with Gasteiger partial charge in [-0.15, -0.1) is 11.3 Å². The molecule has 0 atom stereocenters. The van der Waals surface area contributed by atoms with Crippen LogP contribution in [0.3, 0.4) is 0 Å². The molecule has 1 nitrogen and oxygen atoms in total. The van der Waals surface area contributed by atoms with Gasteiger partial charge in [-0.1, -0.05) is 18.2 Å². The Morgan fingerprint density at radius 3 is 2.60 bits per heavy atom. The van der Waals surface area contributed by atoms with Gasteiger partial charge in [-0.3, -0.25) is 4.79 Å². The first kappa shape index (κ1) is 12.9. The number of carbonyl (C=O) groups excluding carboxylic acids is 1. The van der Waals surface area contributed by atoms with E-state index in [1.165, 1.54) is 24.3 Å². The molecule has 0 spiro atoms. The predicted molar refractivity (Wildman–Crippen MR) is 76.4 cm³/mol. The maximum Gasteiger partial charge on any atom is 0.197 e. The van der Waals surface area contributed by atoms with Gasteiger partial charge >= 0.3 is 0 Å². The summed E-state index contributed by atoms with van der Waals surface area (Å²) >= 11 is 1.43. The van der Waals surface area contributed by atoms with Gasteiger partial charge < -0.3 is 0 Å². The summed E-state index contributed by atoms with van der Waals surface area (Å²) in [5.74, 6) is -1.88. The topological polar surface area (TPSA) is 17.1 Å². The Bertz CT molecular complexity index is 820. The van der Waals surface area contributed by atoms with Crippen molar-refractivity contribution in [1.29, 1.82) is 0 Å². The molecule has 20 heavy (non-hydrogen) atoms. The van der Waals surface area contributed by atoms with Crippen molar-refractivity contribution in [3.8, 4) is 0 Å². The molecular formula is C16H10F2OS. The van der Waals surface area contributed by atoms with Crippen LogP contribution in [0.4, 0.5) is 8.78 Å². The number of ketones is 1. The lowest BCUT2D eigenvalue weighted by molar-refractivity contribution is 0.103. The summed E-state index contributed by atoms with van der Waals surface area (Å²) in [6, 6.07) is 9.47. The molecule has 0 aliphatic heterocycles. The highest BCUT2D eigenvalue weighted by molar-refractivity contribution is 7.17. The highest BCUT2D eigenvalue weighted by Crippen LogP contribution is 2.28. The molecule has 3 rings (SSSR count). The van der Waals surface area contributed by atoms with E-state index in [1.54, 1.807) is 5.38 Å². The molecular weight excluding hydrogens is 278 g/mol. The fraction of sp³-hybridized carbons (Fsp3) is 0.0625. The quantitative estimate of drug-likeness (QED) is 0.624. The minimum atomic E-state index is -0.826. The van der Waals surface area contributed by atoms with Crippen molar-refractivity contribution >= 4 is 27.2 Å². The number of thiophene rings is 1. The fourth-order valence-electron chi connectivity index (χ4n) is 2.13. The summed E-state index contributed by atoms with van der Waals surface area (Å²) in [6.45, 7) is 1.51. The standard InChI is InChI=1S/C16H10F2OS/c1-9-6-11(14(18)7-13(9)17)16(19)12-8-20-15-5-3-2-4-10(12)15/h2-8H,1H3. The maximum atomic E-state index is 13.8. The second kappa shape index (κ2) is 4.80. The zero-order chi connectivity index (χ0) is 14.3. The van der Waals surface area contributed by atoms with Crippen molar-refractivity contribution in [3.63, 3.8) is 0 Å².